The number of ether oxygens (including phenoxy) is 1. The average Bonchev–Trinajstić information content (AvgIpc) is 2.78. The predicted octanol–water partition coefficient (Wildman–Crippen LogP) is 5.10. The molecule has 2 aromatic carbocycles. The van der Waals surface area contributed by atoms with E-state index in [0.29, 0.717) is 18.8 Å². The van der Waals surface area contributed by atoms with Crippen LogP contribution in [0.2, 0.25) is 0 Å². The third-order valence-corrected chi connectivity index (χ3v) is 6.02. The highest BCUT2D eigenvalue weighted by Crippen LogP contribution is 2.37. The Morgan fingerprint density at radius 2 is 1.97 bits per heavy atom. The van der Waals surface area contributed by atoms with Gasteiger partial charge in [0.1, 0.15) is 5.75 Å². The first-order valence-corrected chi connectivity index (χ1v) is 10.7. The summed E-state index contributed by atoms with van der Waals surface area (Å²) < 4.78 is 5.98. The SMILES string of the molecule is C=N/C=C\C(C(=O)O)=C(/C)NC[C@@H]1CCOc2cc(N(C)c3ccc(C)c(C)c3)ccc21. The average molecular weight is 434 g/mol. The van der Waals surface area contributed by atoms with Gasteiger partial charge in [0.2, 0.25) is 0 Å². The second-order valence-electron chi connectivity index (χ2n) is 8.11. The number of rotatable bonds is 8. The van der Waals surface area contributed by atoms with Crippen molar-refractivity contribution < 1.29 is 14.6 Å². The Kier molecular flexibility index (Phi) is 7.36. The molecule has 1 aliphatic rings. The lowest BCUT2D eigenvalue weighted by Crippen LogP contribution is -2.26. The van der Waals surface area contributed by atoms with Crippen molar-refractivity contribution in [3.8, 4) is 5.75 Å². The van der Waals surface area contributed by atoms with E-state index < -0.39 is 5.97 Å². The van der Waals surface area contributed by atoms with Crippen molar-refractivity contribution >= 4 is 24.1 Å². The zero-order chi connectivity index (χ0) is 23.3. The highest BCUT2D eigenvalue weighted by atomic mass is 16.5. The summed E-state index contributed by atoms with van der Waals surface area (Å²) in [5, 5.41) is 12.7. The molecule has 0 bridgehead atoms. The summed E-state index contributed by atoms with van der Waals surface area (Å²) in [6, 6.07) is 12.8. The Hall–Kier alpha value is -3.54. The van der Waals surface area contributed by atoms with E-state index in [0.717, 1.165) is 29.1 Å². The molecule has 0 aromatic heterocycles. The van der Waals surface area contributed by atoms with Gasteiger partial charge >= 0.3 is 5.97 Å². The Balaban J connectivity index is 1.79. The lowest BCUT2D eigenvalue weighted by atomic mass is 9.92. The molecule has 168 valence electrons. The Morgan fingerprint density at radius 1 is 1.25 bits per heavy atom. The number of aliphatic imine (C=N–C) groups is 1. The summed E-state index contributed by atoms with van der Waals surface area (Å²) >= 11 is 0. The van der Waals surface area contributed by atoms with E-state index in [9.17, 15) is 9.90 Å². The molecule has 32 heavy (non-hydrogen) atoms. The van der Waals surface area contributed by atoms with Gasteiger partial charge in [-0.05, 0) is 74.9 Å². The van der Waals surface area contributed by atoms with Gasteiger partial charge in [-0.2, -0.15) is 0 Å². The maximum Gasteiger partial charge on any atom is 0.337 e. The van der Waals surface area contributed by atoms with E-state index >= 15 is 0 Å². The third-order valence-electron chi connectivity index (χ3n) is 6.02. The molecule has 2 aromatic rings. The molecule has 0 unspecified atom stereocenters. The molecule has 6 heteroatoms. The van der Waals surface area contributed by atoms with E-state index in [1.807, 2.05) is 0 Å². The number of nitrogens with zero attached hydrogens (tertiary/aromatic N) is 2. The standard InChI is InChI=1S/C26H31N3O3/c1-17-6-7-21(14-18(17)2)29(5)22-8-9-24-20(11-13-32-25(24)15-22)16-28-19(3)23(26(30)31)10-12-27-4/h6-10,12,14-15,20,28H,4,11,13,16H2,1-3,5H3,(H,30,31)/b12-10-,23-19-/t20-/m0/s1. The molecule has 6 nitrogen and oxygen atoms in total. The topological polar surface area (TPSA) is 74.2 Å². The smallest absolute Gasteiger partial charge is 0.337 e. The largest absolute Gasteiger partial charge is 0.493 e. The molecule has 1 heterocycles. The minimum atomic E-state index is -0.999. The maximum absolute atomic E-state index is 11.5. The van der Waals surface area contributed by atoms with Crippen LogP contribution in [0.25, 0.3) is 0 Å². The van der Waals surface area contributed by atoms with Crippen LogP contribution in [0.5, 0.6) is 5.75 Å². The molecule has 1 aliphatic heterocycles. The maximum atomic E-state index is 11.5. The number of hydrogen-bond donors (Lipinski definition) is 2. The van der Waals surface area contributed by atoms with Gasteiger partial charge in [0, 0.05) is 48.8 Å². The molecule has 3 rings (SSSR count). The Morgan fingerprint density at radius 3 is 2.66 bits per heavy atom. The molecule has 1 atom stereocenters. The van der Waals surface area contributed by atoms with Crippen LogP contribution in [0.4, 0.5) is 11.4 Å². The number of fused-ring (bicyclic) bond motifs is 1. The van der Waals surface area contributed by atoms with E-state index in [1.54, 1.807) is 6.92 Å². The zero-order valence-electron chi connectivity index (χ0n) is 19.2. The van der Waals surface area contributed by atoms with Crippen LogP contribution in [0.15, 0.2) is 64.9 Å². The van der Waals surface area contributed by atoms with Crippen LogP contribution in [0.1, 0.15) is 36.0 Å². The van der Waals surface area contributed by atoms with Crippen molar-refractivity contribution in [3.05, 3.63) is 76.6 Å². The molecule has 2 N–H and O–H groups in total. The number of aliphatic carboxylic acids is 1. The Labute approximate surface area is 189 Å². The molecular weight excluding hydrogens is 402 g/mol. The van der Waals surface area contributed by atoms with E-state index in [-0.39, 0.29) is 11.5 Å². The van der Waals surface area contributed by atoms with Crippen LogP contribution in [0, 0.1) is 13.8 Å². The molecule has 0 spiro atoms. The van der Waals surface area contributed by atoms with E-state index in [4.69, 9.17) is 4.74 Å². The molecule has 0 aliphatic carbocycles. The monoisotopic (exact) mass is 433 g/mol. The van der Waals surface area contributed by atoms with Crippen LogP contribution in [-0.4, -0.2) is 38.0 Å². The molecular formula is C26H31N3O3. The first-order chi connectivity index (χ1) is 15.3. The van der Waals surface area contributed by atoms with Gasteiger partial charge in [0.15, 0.2) is 0 Å². The van der Waals surface area contributed by atoms with Crippen LogP contribution in [0.3, 0.4) is 0 Å². The minimum absolute atomic E-state index is 0.176. The number of allylic oxidation sites excluding steroid dienone is 1. The number of benzene rings is 2. The molecule has 0 saturated heterocycles. The molecule has 0 radical (unpaired) electrons. The van der Waals surface area contributed by atoms with Crippen molar-refractivity contribution in [2.24, 2.45) is 4.99 Å². The summed E-state index contributed by atoms with van der Waals surface area (Å²) in [6.45, 7) is 10.6. The zero-order valence-corrected chi connectivity index (χ0v) is 19.2. The lowest BCUT2D eigenvalue weighted by molar-refractivity contribution is -0.132. The number of aryl methyl sites for hydroxylation is 2. The number of anilines is 2. The van der Waals surface area contributed by atoms with Gasteiger partial charge < -0.3 is 20.1 Å². The second-order valence-corrected chi connectivity index (χ2v) is 8.11. The predicted molar refractivity (Wildman–Crippen MR) is 130 cm³/mol. The summed E-state index contributed by atoms with van der Waals surface area (Å²) in [5.74, 6) is 0.111. The Bertz CT molecular complexity index is 1070. The van der Waals surface area contributed by atoms with Crippen molar-refractivity contribution in [2.45, 2.75) is 33.1 Å². The molecule has 0 amide bonds. The van der Waals surface area contributed by atoms with Crippen molar-refractivity contribution in [1.29, 1.82) is 0 Å². The number of hydrogen-bond acceptors (Lipinski definition) is 5. The van der Waals surface area contributed by atoms with Gasteiger partial charge in [-0.3, -0.25) is 4.99 Å². The van der Waals surface area contributed by atoms with E-state index in [2.05, 4.69) is 79.2 Å². The lowest BCUT2D eigenvalue weighted by Gasteiger charge is -2.29. The second kappa shape index (κ2) is 10.2. The van der Waals surface area contributed by atoms with Crippen LogP contribution in [-0.2, 0) is 4.79 Å². The normalized spacial score (nSPS) is 16.1. The van der Waals surface area contributed by atoms with Gasteiger partial charge in [-0.25, -0.2) is 4.79 Å². The molecule has 0 fully saturated rings. The fraction of sp³-hybridized carbons (Fsp3) is 0.308. The number of carboxylic acids is 1. The fourth-order valence-corrected chi connectivity index (χ4v) is 3.81. The number of nitrogens with one attached hydrogen (secondary N) is 1. The van der Waals surface area contributed by atoms with Crippen molar-refractivity contribution in [3.63, 3.8) is 0 Å². The number of carboxylic acid groups (broad SMARTS) is 1. The summed E-state index contributed by atoms with van der Waals surface area (Å²) in [7, 11) is 2.06. The summed E-state index contributed by atoms with van der Waals surface area (Å²) in [5.41, 5.74) is 6.63. The highest BCUT2D eigenvalue weighted by Gasteiger charge is 2.23. The van der Waals surface area contributed by atoms with Crippen LogP contribution >= 0.6 is 0 Å². The van der Waals surface area contributed by atoms with Gasteiger partial charge in [-0.15, -0.1) is 0 Å². The first kappa shape index (κ1) is 23.1. The van der Waals surface area contributed by atoms with Gasteiger partial charge in [0.05, 0.1) is 12.2 Å². The van der Waals surface area contributed by atoms with Crippen LogP contribution < -0.4 is 15.0 Å². The fourth-order valence-electron chi connectivity index (χ4n) is 3.81. The van der Waals surface area contributed by atoms with Gasteiger partial charge in [0.25, 0.3) is 0 Å². The highest BCUT2D eigenvalue weighted by molar-refractivity contribution is 5.90. The quantitative estimate of drug-likeness (QED) is 0.344. The first-order valence-electron chi connectivity index (χ1n) is 10.7. The summed E-state index contributed by atoms with van der Waals surface area (Å²) in [4.78, 5) is 17.3. The third kappa shape index (κ3) is 5.19. The van der Waals surface area contributed by atoms with Gasteiger partial charge in [-0.1, -0.05) is 12.1 Å². The number of carbonyl (C=O) groups is 1. The van der Waals surface area contributed by atoms with E-state index in [1.165, 1.54) is 23.4 Å². The summed E-state index contributed by atoms with van der Waals surface area (Å²) in [6.07, 6.45) is 3.70. The van der Waals surface area contributed by atoms with Crippen molar-refractivity contribution in [1.82, 2.24) is 5.32 Å². The minimum Gasteiger partial charge on any atom is -0.493 e. The molecule has 0 saturated carbocycles. The van der Waals surface area contributed by atoms with Crippen molar-refractivity contribution in [2.75, 3.05) is 25.1 Å².